The highest BCUT2D eigenvalue weighted by molar-refractivity contribution is 7.92. The molecule has 3 aromatic rings. The molecule has 0 atom stereocenters. The van der Waals surface area contributed by atoms with Gasteiger partial charge >= 0.3 is 0 Å². The van der Waals surface area contributed by atoms with Gasteiger partial charge in [0.2, 0.25) is 5.91 Å². The molecule has 1 aromatic heterocycles. The predicted molar refractivity (Wildman–Crippen MR) is 104 cm³/mol. The quantitative estimate of drug-likeness (QED) is 0.745. The van der Waals surface area contributed by atoms with E-state index in [1.165, 1.54) is 0 Å². The second kappa shape index (κ2) is 6.96. The number of amides is 1. The molecule has 1 N–H and O–H groups in total. The summed E-state index contributed by atoms with van der Waals surface area (Å²) in [4.78, 5) is 12.6. The largest absolute Gasteiger partial charge is 0.346 e. The first-order chi connectivity index (χ1) is 12.3. The minimum Gasteiger partial charge on any atom is -0.346 e. The molecule has 0 fully saturated rings. The van der Waals surface area contributed by atoms with Gasteiger partial charge in [-0.25, -0.2) is 8.42 Å². The number of hydrogen-bond acceptors (Lipinski definition) is 3. The van der Waals surface area contributed by atoms with Crippen LogP contribution in [0.1, 0.15) is 18.1 Å². The minimum atomic E-state index is -3.75. The first-order valence-electron chi connectivity index (χ1n) is 8.50. The van der Waals surface area contributed by atoms with Gasteiger partial charge in [0, 0.05) is 29.3 Å². The Morgan fingerprint density at radius 2 is 1.81 bits per heavy atom. The lowest BCUT2D eigenvalue weighted by Crippen LogP contribution is -2.23. The van der Waals surface area contributed by atoms with Gasteiger partial charge in [-0.05, 0) is 44.0 Å². The monoisotopic (exact) mass is 370 g/mol. The molecule has 6 heteroatoms. The molecule has 0 radical (unpaired) electrons. The summed E-state index contributed by atoms with van der Waals surface area (Å²) in [6.45, 7) is 6.45. The molecule has 5 nitrogen and oxygen atoms in total. The maximum Gasteiger partial charge on any atom is 0.239 e. The number of rotatable bonds is 5. The summed E-state index contributed by atoms with van der Waals surface area (Å²) in [6, 6.07) is 12.9. The molecule has 0 saturated carbocycles. The van der Waals surface area contributed by atoms with Crippen molar-refractivity contribution in [1.29, 1.82) is 0 Å². The molecule has 2 aromatic carbocycles. The molecular weight excluding hydrogens is 348 g/mol. The zero-order valence-corrected chi connectivity index (χ0v) is 15.9. The topological polar surface area (TPSA) is 68.2 Å². The summed E-state index contributed by atoms with van der Waals surface area (Å²) < 4.78 is 27.6. The summed E-state index contributed by atoms with van der Waals surface area (Å²) >= 11 is 0. The van der Waals surface area contributed by atoms with Crippen LogP contribution < -0.4 is 5.32 Å². The molecule has 0 aliphatic heterocycles. The van der Waals surface area contributed by atoms with Gasteiger partial charge in [0.15, 0.2) is 9.84 Å². The number of aromatic nitrogens is 1. The summed E-state index contributed by atoms with van der Waals surface area (Å²) in [5.41, 5.74) is 3.46. The van der Waals surface area contributed by atoms with Crippen molar-refractivity contribution >= 4 is 32.3 Å². The third-order valence-electron chi connectivity index (χ3n) is 4.63. The van der Waals surface area contributed by atoms with Crippen molar-refractivity contribution < 1.29 is 13.2 Å². The van der Waals surface area contributed by atoms with E-state index in [4.69, 9.17) is 0 Å². The van der Waals surface area contributed by atoms with Crippen LogP contribution in [0.3, 0.4) is 0 Å². The van der Waals surface area contributed by atoms with Gasteiger partial charge in [-0.15, -0.1) is 0 Å². The Kier molecular flexibility index (Phi) is 4.87. The van der Waals surface area contributed by atoms with Crippen LogP contribution in [0, 0.1) is 13.8 Å². The zero-order valence-electron chi connectivity index (χ0n) is 15.1. The lowest BCUT2D eigenvalue weighted by molar-refractivity contribution is -0.113. The van der Waals surface area contributed by atoms with Crippen molar-refractivity contribution in [2.45, 2.75) is 32.2 Å². The van der Waals surface area contributed by atoms with E-state index >= 15 is 0 Å². The number of sulfone groups is 1. The van der Waals surface area contributed by atoms with Crippen molar-refractivity contribution in [1.82, 2.24) is 4.57 Å². The summed E-state index contributed by atoms with van der Waals surface area (Å²) in [5.74, 6) is -1.12. The van der Waals surface area contributed by atoms with Gasteiger partial charge in [-0.3, -0.25) is 4.79 Å². The Morgan fingerprint density at radius 1 is 1.08 bits per heavy atom. The molecule has 0 bridgehead atoms. The molecular formula is C20H22N2O3S. The van der Waals surface area contributed by atoms with E-state index in [2.05, 4.69) is 5.32 Å². The number of nitrogens with zero attached hydrogens (tertiary/aromatic N) is 1. The molecule has 136 valence electrons. The average Bonchev–Trinajstić information content (AvgIpc) is 2.98. The van der Waals surface area contributed by atoms with Crippen LogP contribution in [0.5, 0.6) is 0 Å². The van der Waals surface area contributed by atoms with Gasteiger partial charge in [0.1, 0.15) is 5.75 Å². The van der Waals surface area contributed by atoms with Gasteiger partial charge in [0.25, 0.3) is 0 Å². The second-order valence-corrected chi connectivity index (χ2v) is 8.31. The Hall–Kier alpha value is -2.60. The fourth-order valence-electron chi connectivity index (χ4n) is 3.05. The first-order valence-corrected chi connectivity index (χ1v) is 10.2. The molecule has 0 aliphatic carbocycles. The van der Waals surface area contributed by atoms with E-state index in [0.717, 1.165) is 16.6 Å². The molecule has 3 rings (SSSR count). The van der Waals surface area contributed by atoms with E-state index in [0.29, 0.717) is 17.6 Å². The number of anilines is 1. The predicted octanol–water partition coefficient (Wildman–Crippen LogP) is 3.69. The molecule has 1 heterocycles. The van der Waals surface area contributed by atoms with Crippen LogP contribution >= 0.6 is 0 Å². The highest BCUT2D eigenvalue weighted by atomic mass is 32.2. The first kappa shape index (κ1) is 18.2. The van der Waals surface area contributed by atoms with Gasteiger partial charge < -0.3 is 9.88 Å². The Morgan fingerprint density at radius 3 is 2.54 bits per heavy atom. The van der Waals surface area contributed by atoms with E-state index in [1.54, 1.807) is 24.4 Å². The van der Waals surface area contributed by atoms with E-state index in [-0.39, 0.29) is 4.90 Å². The molecule has 26 heavy (non-hydrogen) atoms. The lowest BCUT2D eigenvalue weighted by atomic mass is 10.1. The van der Waals surface area contributed by atoms with E-state index < -0.39 is 21.5 Å². The third kappa shape index (κ3) is 3.37. The fourth-order valence-corrected chi connectivity index (χ4v) is 4.41. The number of aryl methyl sites for hydroxylation is 2. The van der Waals surface area contributed by atoms with Gasteiger partial charge in [0.05, 0.1) is 4.90 Å². The van der Waals surface area contributed by atoms with Crippen LogP contribution in [-0.4, -0.2) is 24.6 Å². The number of carbonyl (C=O) groups is 1. The normalized spacial score (nSPS) is 11.7. The molecule has 0 aliphatic rings. The van der Waals surface area contributed by atoms with Gasteiger partial charge in [-0.2, -0.15) is 0 Å². The number of benzene rings is 2. The molecule has 0 unspecified atom stereocenters. The number of fused-ring (bicyclic) bond motifs is 1. The third-order valence-corrected chi connectivity index (χ3v) is 6.27. The highest BCUT2D eigenvalue weighted by Gasteiger charge is 2.24. The van der Waals surface area contributed by atoms with Crippen molar-refractivity contribution in [2.75, 3.05) is 11.1 Å². The number of carbonyl (C=O) groups excluding carboxylic acids is 1. The molecule has 0 spiro atoms. The smallest absolute Gasteiger partial charge is 0.239 e. The van der Waals surface area contributed by atoms with Crippen molar-refractivity contribution in [3.63, 3.8) is 0 Å². The fraction of sp³-hybridized carbons (Fsp3) is 0.250. The summed E-state index contributed by atoms with van der Waals surface area (Å²) in [5, 5.41) is 3.37. The van der Waals surface area contributed by atoms with E-state index in [1.807, 2.05) is 49.6 Å². The highest BCUT2D eigenvalue weighted by Crippen LogP contribution is 2.26. The van der Waals surface area contributed by atoms with Gasteiger partial charge in [-0.1, -0.05) is 30.3 Å². The maximum atomic E-state index is 12.9. The van der Waals surface area contributed by atoms with Crippen LogP contribution in [0.2, 0.25) is 0 Å². The Bertz CT molecular complexity index is 1080. The molecule has 0 saturated heterocycles. The van der Waals surface area contributed by atoms with Crippen molar-refractivity contribution in [3.8, 4) is 0 Å². The Balaban J connectivity index is 1.90. The zero-order chi connectivity index (χ0) is 18.9. The number of para-hydroxylation sites is 1. The van der Waals surface area contributed by atoms with Crippen LogP contribution in [0.25, 0.3) is 10.9 Å². The number of nitrogens with one attached hydrogen (secondary N) is 1. The van der Waals surface area contributed by atoms with Crippen molar-refractivity contribution in [3.05, 3.63) is 59.8 Å². The standard InChI is InChI=1S/C20H22N2O3S/c1-4-22-12-19(16-9-5-6-11-18(16)22)26(24,25)13-20(23)21-17-10-7-8-14(2)15(17)3/h5-12H,4,13H2,1-3H3,(H,21,23). The Labute approximate surface area is 153 Å². The summed E-state index contributed by atoms with van der Waals surface area (Å²) in [6.07, 6.45) is 1.62. The lowest BCUT2D eigenvalue weighted by Gasteiger charge is -2.10. The SMILES string of the molecule is CCn1cc(S(=O)(=O)CC(=O)Nc2cccc(C)c2C)c2ccccc21. The minimum absolute atomic E-state index is 0.200. The van der Waals surface area contributed by atoms with Crippen LogP contribution in [0.15, 0.2) is 53.6 Å². The average molecular weight is 370 g/mol. The summed E-state index contributed by atoms with van der Waals surface area (Å²) in [7, 11) is -3.75. The second-order valence-electron chi connectivity index (χ2n) is 6.35. The number of hydrogen-bond donors (Lipinski definition) is 1. The van der Waals surface area contributed by atoms with Crippen LogP contribution in [-0.2, 0) is 21.2 Å². The maximum absolute atomic E-state index is 12.9. The molecule has 1 amide bonds. The van der Waals surface area contributed by atoms with Crippen molar-refractivity contribution in [2.24, 2.45) is 0 Å². The van der Waals surface area contributed by atoms with Crippen LogP contribution in [0.4, 0.5) is 5.69 Å². The van der Waals surface area contributed by atoms with E-state index in [9.17, 15) is 13.2 Å².